The summed E-state index contributed by atoms with van der Waals surface area (Å²) in [6, 6.07) is 13.5. The van der Waals surface area contributed by atoms with Gasteiger partial charge in [-0.2, -0.15) is 4.98 Å². The van der Waals surface area contributed by atoms with Gasteiger partial charge in [-0.05, 0) is 12.1 Å². The van der Waals surface area contributed by atoms with Gasteiger partial charge in [0.2, 0.25) is 5.88 Å². The summed E-state index contributed by atoms with van der Waals surface area (Å²) in [4.78, 5) is 6.54. The summed E-state index contributed by atoms with van der Waals surface area (Å²) in [6.07, 6.45) is 0. The Hall–Kier alpha value is -2.51. The Morgan fingerprint density at radius 2 is 1.83 bits per heavy atom. The van der Waals surface area contributed by atoms with Gasteiger partial charge in [-0.3, -0.25) is 0 Å². The number of para-hydroxylation sites is 1. The number of aromatic nitrogens is 1. The first-order valence-electron chi connectivity index (χ1n) is 7.97. The first-order chi connectivity index (χ1) is 11.8. The summed E-state index contributed by atoms with van der Waals surface area (Å²) >= 11 is 0. The number of nitrogen functional groups attached to an aromatic ring is 1. The molecule has 1 aliphatic heterocycles. The zero-order valence-electron chi connectivity index (χ0n) is 13.5. The molecule has 2 heterocycles. The summed E-state index contributed by atoms with van der Waals surface area (Å²) in [7, 11) is 0. The molecule has 128 valence electrons. The van der Waals surface area contributed by atoms with Crippen molar-refractivity contribution in [1.82, 2.24) is 4.98 Å². The maximum absolute atomic E-state index is 5.71. The highest BCUT2D eigenvalue weighted by Gasteiger charge is 2.14. The van der Waals surface area contributed by atoms with Crippen LogP contribution in [0.2, 0.25) is 0 Å². The Bertz CT molecular complexity index is 633. The van der Waals surface area contributed by atoms with Crippen LogP contribution in [-0.4, -0.2) is 44.5 Å². The van der Waals surface area contributed by atoms with Gasteiger partial charge in [0.05, 0.1) is 13.2 Å². The number of morpholine rings is 1. The smallest absolute Gasteiger partial charge is 0.217 e. The van der Waals surface area contributed by atoms with Crippen LogP contribution < -0.4 is 25.6 Å². The molecule has 7 nitrogen and oxygen atoms in total. The lowest BCUT2D eigenvalue weighted by atomic mass is 10.3. The van der Waals surface area contributed by atoms with Gasteiger partial charge in [0, 0.05) is 30.9 Å². The van der Waals surface area contributed by atoms with Crippen LogP contribution in [0.25, 0.3) is 0 Å². The second-order valence-corrected chi connectivity index (χ2v) is 5.30. The zero-order chi connectivity index (χ0) is 16.6. The quantitative estimate of drug-likeness (QED) is 0.454. The molecule has 0 aliphatic carbocycles. The SMILES string of the molecule is NNc1cc(N2CCOCC2)cc(OCCOc2ccccc2)n1. The van der Waals surface area contributed by atoms with Crippen LogP contribution in [0.5, 0.6) is 11.6 Å². The van der Waals surface area contributed by atoms with Crippen LogP contribution >= 0.6 is 0 Å². The van der Waals surface area contributed by atoms with Crippen molar-refractivity contribution in [2.24, 2.45) is 5.84 Å². The monoisotopic (exact) mass is 330 g/mol. The van der Waals surface area contributed by atoms with Crippen molar-refractivity contribution < 1.29 is 14.2 Å². The molecule has 0 atom stereocenters. The summed E-state index contributed by atoms with van der Waals surface area (Å²) in [5.41, 5.74) is 3.60. The van der Waals surface area contributed by atoms with E-state index in [9.17, 15) is 0 Å². The van der Waals surface area contributed by atoms with Crippen molar-refractivity contribution in [2.75, 3.05) is 49.8 Å². The average Bonchev–Trinajstić information content (AvgIpc) is 2.66. The molecule has 3 N–H and O–H groups in total. The maximum Gasteiger partial charge on any atom is 0.217 e. The number of anilines is 2. The molecule has 3 rings (SSSR count). The average molecular weight is 330 g/mol. The Labute approximate surface area is 141 Å². The molecule has 0 saturated carbocycles. The Balaban J connectivity index is 1.57. The Morgan fingerprint density at radius 1 is 1.08 bits per heavy atom. The highest BCUT2D eigenvalue weighted by Crippen LogP contribution is 2.24. The summed E-state index contributed by atoms with van der Waals surface area (Å²) in [5, 5.41) is 0. The second kappa shape index (κ2) is 8.37. The number of rotatable bonds is 7. The van der Waals surface area contributed by atoms with Crippen molar-refractivity contribution in [3.8, 4) is 11.6 Å². The number of hydrogen-bond donors (Lipinski definition) is 2. The molecule has 1 saturated heterocycles. The molecule has 0 unspecified atom stereocenters. The lowest BCUT2D eigenvalue weighted by molar-refractivity contribution is 0.122. The fourth-order valence-corrected chi connectivity index (χ4v) is 2.47. The minimum atomic E-state index is 0.401. The third-order valence-corrected chi connectivity index (χ3v) is 3.66. The van der Waals surface area contributed by atoms with Crippen LogP contribution in [0, 0.1) is 0 Å². The van der Waals surface area contributed by atoms with Gasteiger partial charge in [-0.25, -0.2) is 5.84 Å². The minimum Gasteiger partial charge on any atom is -0.490 e. The van der Waals surface area contributed by atoms with E-state index in [-0.39, 0.29) is 0 Å². The number of hydrogen-bond acceptors (Lipinski definition) is 7. The highest BCUT2D eigenvalue weighted by molar-refractivity contribution is 5.56. The number of ether oxygens (including phenoxy) is 3. The van der Waals surface area contributed by atoms with Gasteiger partial charge >= 0.3 is 0 Å². The van der Waals surface area contributed by atoms with Gasteiger partial charge in [-0.15, -0.1) is 0 Å². The number of hydrazine groups is 1. The fraction of sp³-hybridized carbons (Fsp3) is 0.353. The molecule has 0 amide bonds. The second-order valence-electron chi connectivity index (χ2n) is 5.30. The summed E-state index contributed by atoms with van der Waals surface area (Å²) < 4.78 is 16.7. The Morgan fingerprint density at radius 3 is 2.58 bits per heavy atom. The van der Waals surface area contributed by atoms with E-state index in [4.69, 9.17) is 20.1 Å². The lowest BCUT2D eigenvalue weighted by Crippen LogP contribution is -2.36. The van der Waals surface area contributed by atoms with Crippen molar-refractivity contribution in [3.63, 3.8) is 0 Å². The Kier molecular flexibility index (Phi) is 5.70. The zero-order valence-corrected chi connectivity index (χ0v) is 13.5. The third-order valence-electron chi connectivity index (χ3n) is 3.66. The van der Waals surface area contributed by atoms with Crippen LogP contribution in [-0.2, 0) is 4.74 Å². The molecule has 0 spiro atoms. The fourth-order valence-electron chi connectivity index (χ4n) is 2.47. The lowest BCUT2D eigenvalue weighted by Gasteiger charge is -2.29. The number of nitrogens with two attached hydrogens (primary N) is 1. The van der Waals surface area contributed by atoms with E-state index in [0.717, 1.165) is 37.7 Å². The molecular formula is C17H22N4O3. The molecule has 1 fully saturated rings. The van der Waals surface area contributed by atoms with Crippen molar-refractivity contribution in [3.05, 3.63) is 42.5 Å². The first kappa shape index (κ1) is 16.4. The number of benzene rings is 1. The first-order valence-corrected chi connectivity index (χ1v) is 7.97. The van der Waals surface area contributed by atoms with Crippen LogP contribution in [0.3, 0.4) is 0 Å². The van der Waals surface area contributed by atoms with Crippen LogP contribution in [0.4, 0.5) is 11.5 Å². The molecule has 7 heteroatoms. The van der Waals surface area contributed by atoms with E-state index in [1.165, 1.54) is 0 Å². The van der Waals surface area contributed by atoms with E-state index in [1.807, 2.05) is 42.5 Å². The highest BCUT2D eigenvalue weighted by atomic mass is 16.5. The molecule has 1 aromatic heterocycles. The van der Waals surface area contributed by atoms with Gasteiger partial charge in [0.1, 0.15) is 24.8 Å². The summed E-state index contributed by atoms with van der Waals surface area (Å²) in [5.74, 6) is 7.42. The van der Waals surface area contributed by atoms with E-state index < -0.39 is 0 Å². The molecule has 0 radical (unpaired) electrons. The van der Waals surface area contributed by atoms with Crippen LogP contribution in [0.15, 0.2) is 42.5 Å². The third kappa shape index (κ3) is 4.50. The number of pyridine rings is 1. The van der Waals surface area contributed by atoms with Crippen molar-refractivity contribution >= 4 is 11.5 Å². The molecule has 24 heavy (non-hydrogen) atoms. The largest absolute Gasteiger partial charge is 0.490 e. The van der Waals surface area contributed by atoms with Crippen molar-refractivity contribution in [1.29, 1.82) is 0 Å². The normalized spacial score (nSPS) is 14.3. The molecule has 1 aromatic carbocycles. The van der Waals surface area contributed by atoms with E-state index >= 15 is 0 Å². The standard InChI is InChI=1S/C17H22N4O3/c18-20-16-12-14(21-6-8-22-9-7-21)13-17(19-16)24-11-10-23-15-4-2-1-3-5-15/h1-5,12-13H,6-11,18H2,(H,19,20). The van der Waals surface area contributed by atoms with Gasteiger partial charge in [0.25, 0.3) is 0 Å². The van der Waals surface area contributed by atoms with Gasteiger partial charge in [0.15, 0.2) is 0 Å². The predicted molar refractivity (Wildman–Crippen MR) is 92.5 cm³/mol. The minimum absolute atomic E-state index is 0.401. The molecule has 0 bridgehead atoms. The van der Waals surface area contributed by atoms with E-state index in [1.54, 1.807) is 0 Å². The van der Waals surface area contributed by atoms with E-state index in [0.29, 0.717) is 24.9 Å². The topological polar surface area (TPSA) is 81.9 Å². The van der Waals surface area contributed by atoms with Gasteiger partial charge in [-0.1, -0.05) is 18.2 Å². The van der Waals surface area contributed by atoms with Crippen molar-refractivity contribution in [2.45, 2.75) is 0 Å². The van der Waals surface area contributed by atoms with Crippen LogP contribution in [0.1, 0.15) is 0 Å². The molecule has 1 aliphatic rings. The van der Waals surface area contributed by atoms with Gasteiger partial charge < -0.3 is 24.5 Å². The number of nitrogens with zero attached hydrogens (tertiary/aromatic N) is 2. The molecular weight excluding hydrogens is 308 g/mol. The summed E-state index contributed by atoms with van der Waals surface area (Å²) in [6.45, 7) is 3.95. The van der Waals surface area contributed by atoms with E-state index in [2.05, 4.69) is 15.3 Å². The maximum atomic E-state index is 5.71. The molecule has 2 aromatic rings. The predicted octanol–water partition coefficient (Wildman–Crippen LogP) is 1.66. The number of nitrogens with one attached hydrogen (secondary N) is 1.